The fourth-order valence-corrected chi connectivity index (χ4v) is 2.97. The van der Waals surface area contributed by atoms with Gasteiger partial charge in [-0.25, -0.2) is 4.39 Å². The van der Waals surface area contributed by atoms with Crippen LogP contribution in [0.1, 0.15) is 5.56 Å². The van der Waals surface area contributed by atoms with Gasteiger partial charge in [0.25, 0.3) is 0 Å². The zero-order valence-corrected chi connectivity index (χ0v) is 12.3. The highest BCUT2D eigenvalue weighted by molar-refractivity contribution is 9.10. The Bertz CT molecular complexity index is 726. The maximum atomic E-state index is 13.1. The SMILES string of the molecule is Fc1cccc(CNc2nsc3ccc(Br)cc23)c1. The first kappa shape index (κ1) is 12.6. The van der Waals surface area contributed by atoms with Gasteiger partial charge >= 0.3 is 0 Å². The molecule has 0 aliphatic heterocycles. The monoisotopic (exact) mass is 336 g/mol. The number of aromatic nitrogens is 1. The van der Waals surface area contributed by atoms with Gasteiger partial charge in [-0.1, -0.05) is 28.1 Å². The van der Waals surface area contributed by atoms with Crippen molar-refractivity contribution in [2.75, 3.05) is 5.32 Å². The van der Waals surface area contributed by atoms with Crippen LogP contribution in [0.3, 0.4) is 0 Å². The number of nitrogens with zero attached hydrogens (tertiary/aromatic N) is 1. The van der Waals surface area contributed by atoms with Crippen molar-refractivity contribution < 1.29 is 4.39 Å². The molecule has 0 spiro atoms. The second kappa shape index (κ2) is 5.27. The molecular formula is C14H10BrFN2S. The minimum absolute atomic E-state index is 0.217. The van der Waals surface area contributed by atoms with Gasteiger partial charge < -0.3 is 5.32 Å². The van der Waals surface area contributed by atoms with E-state index in [1.807, 2.05) is 24.3 Å². The summed E-state index contributed by atoms with van der Waals surface area (Å²) in [4.78, 5) is 0. The minimum atomic E-state index is -0.217. The van der Waals surface area contributed by atoms with Gasteiger partial charge in [0, 0.05) is 16.4 Å². The highest BCUT2D eigenvalue weighted by Crippen LogP contribution is 2.29. The molecule has 0 bridgehead atoms. The summed E-state index contributed by atoms with van der Waals surface area (Å²) < 4.78 is 19.6. The molecule has 0 amide bonds. The van der Waals surface area contributed by atoms with Crippen LogP contribution in [0.5, 0.6) is 0 Å². The van der Waals surface area contributed by atoms with Gasteiger partial charge in [0.15, 0.2) is 0 Å². The van der Waals surface area contributed by atoms with E-state index in [4.69, 9.17) is 0 Å². The van der Waals surface area contributed by atoms with Crippen LogP contribution in [0.15, 0.2) is 46.9 Å². The van der Waals surface area contributed by atoms with Crippen molar-refractivity contribution in [1.82, 2.24) is 4.37 Å². The molecule has 0 aliphatic rings. The molecule has 0 saturated carbocycles. The first-order valence-electron chi connectivity index (χ1n) is 5.75. The lowest BCUT2D eigenvalue weighted by Gasteiger charge is -2.04. The molecule has 19 heavy (non-hydrogen) atoms. The van der Waals surface area contributed by atoms with Gasteiger partial charge in [-0.15, -0.1) is 0 Å². The lowest BCUT2D eigenvalue weighted by atomic mass is 10.2. The Morgan fingerprint density at radius 2 is 2.11 bits per heavy atom. The zero-order valence-electron chi connectivity index (χ0n) is 9.86. The first-order valence-corrected chi connectivity index (χ1v) is 7.32. The number of hydrogen-bond acceptors (Lipinski definition) is 3. The Morgan fingerprint density at radius 3 is 2.95 bits per heavy atom. The van der Waals surface area contributed by atoms with E-state index in [0.717, 1.165) is 25.9 Å². The first-order chi connectivity index (χ1) is 9.22. The molecule has 5 heteroatoms. The van der Waals surface area contributed by atoms with E-state index in [2.05, 4.69) is 25.6 Å². The molecule has 1 aromatic heterocycles. The predicted octanol–water partition coefficient (Wildman–Crippen LogP) is 4.81. The second-order valence-electron chi connectivity index (χ2n) is 4.16. The number of anilines is 1. The topological polar surface area (TPSA) is 24.9 Å². The van der Waals surface area contributed by atoms with Gasteiger partial charge in [0.2, 0.25) is 0 Å². The third-order valence-corrected chi connectivity index (χ3v) is 4.10. The summed E-state index contributed by atoms with van der Waals surface area (Å²) >= 11 is 4.91. The largest absolute Gasteiger partial charge is 0.365 e. The van der Waals surface area contributed by atoms with Crippen molar-refractivity contribution in [2.45, 2.75) is 6.54 Å². The molecule has 3 aromatic rings. The van der Waals surface area contributed by atoms with Gasteiger partial charge in [-0.3, -0.25) is 0 Å². The molecule has 0 atom stereocenters. The summed E-state index contributed by atoms with van der Waals surface area (Å²) in [7, 11) is 0. The molecule has 0 radical (unpaired) electrons. The van der Waals surface area contributed by atoms with Crippen molar-refractivity contribution >= 4 is 43.4 Å². The maximum absolute atomic E-state index is 13.1. The fraction of sp³-hybridized carbons (Fsp3) is 0.0714. The van der Waals surface area contributed by atoms with Crippen molar-refractivity contribution in [2.24, 2.45) is 0 Å². The zero-order chi connectivity index (χ0) is 13.2. The Balaban J connectivity index is 1.84. The summed E-state index contributed by atoms with van der Waals surface area (Å²) in [6.45, 7) is 0.559. The summed E-state index contributed by atoms with van der Waals surface area (Å²) in [5.74, 6) is 0.621. The molecule has 2 aromatic carbocycles. The fourth-order valence-electron chi connectivity index (χ4n) is 1.87. The molecular weight excluding hydrogens is 327 g/mol. The van der Waals surface area contributed by atoms with Gasteiger partial charge in [0.1, 0.15) is 11.6 Å². The van der Waals surface area contributed by atoms with Crippen molar-refractivity contribution in [1.29, 1.82) is 0 Å². The van der Waals surface area contributed by atoms with Crippen LogP contribution in [-0.2, 0) is 6.54 Å². The van der Waals surface area contributed by atoms with E-state index in [1.165, 1.54) is 23.7 Å². The van der Waals surface area contributed by atoms with E-state index in [1.54, 1.807) is 6.07 Å². The van der Waals surface area contributed by atoms with Crippen LogP contribution in [0.4, 0.5) is 10.2 Å². The van der Waals surface area contributed by atoms with Crippen molar-refractivity contribution in [3.63, 3.8) is 0 Å². The number of halogens is 2. The quantitative estimate of drug-likeness (QED) is 0.742. The maximum Gasteiger partial charge on any atom is 0.147 e. The predicted molar refractivity (Wildman–Crippen MR) is 81.0 cm³/mol. The second-order valence-corrected chi connectivity index (χ2v) is 5.88. The lowest BCUT2D eigenvalue weighted by Crippen LogP contribution is -2.00. The Kier molecular flexibility index (Phi) is 3.48. The van der Waals surface area contributed by atoms with E-state index >= 15 is 0 Å². The Labute approximate surface area is 122 Å². The van der Waals surface area contributed by atoms with E-state index in [-0.39, 0.29) is 5.82 Å². The van der Waals surface area contributed by atoms with Crippen LogP contribution >= 0.6 is 27.5 Å². The lowest BCUT2D eigenvalue weighted by molar-refractivity contribution is 0.626. The average molecular weight is 337 g/mol. The number of benzene rings is 2. The third kappa shape index (κ3) is 2.77. The smallest absolute Gasteiger partial charge is 0.147 e. The molecule has 1 heterocycles. The molecule has 96 valence electrons. The normalized spacial score (nSPS) is 10.8. The number of hydrogen-bond donors (Lipinski definition) is 1. The highest BCUT2D eigenvalue weighted by Gasteiger charge is 2.06. The van der Waals surface area contributed by atoms with Gasteiger partial charge in [-0.2, -0.15) is 4.37 Å². The molecule has 0 aliphatic carbocycles. The molecule has 1 N–H and O–H groups in total. The molecule has 0 fully saturated rings. The van der Waals surface area contributed by atoms with Crippen LogP contribution in [0.2, 0.25) is 0 Å². The number of nitrogens with one attached hydrogen (secondary N) is 1. The molecule has 2 nitrogen and oxygen atoms in total. The summed E-state index contributed by atoms with van der Waals surface area (Å²) in [6, 6.07) is 12.6. The summed E-state index contributed by atoms with van der Waals surface area (Å²) in [6.07, 6.45) is 0. The van der Waals surface area contributed by atoms with E-state index < -0.39 is 0 Å². The van der Waals surface area contributed by atoms with Gasteiger partial charge in [0.05, 0.1) is 4.70 Å². The standard InChI is InChI=1S/C14H10BrFN2S/c15-10-4-5-13-12(7-10)14(18-19-13)17-8-9-2-1-3-11(16)6-9/h1-7H,8H2,(H,17,18). The average Bonchev–Trinajstić information content (AvgIpc) is 2.79. The van der Waals surface area contributed by atoms with Crippen molar-refractivity contribution in [3.8, 4) is 0 Å². The highest BCUT2D eigenvalue weighted by atomic mass is 79.9. The summed E-state index contributed by atoms with van der Waals surface area (Å²) in [5.41, 5.74) is 0.899. The Morgan fingerprint density at radius 1 is 1.21 bits per heavy atom. The number of fused-ring (bicyclic) bond motifs is 1. The number of rotatable bonds is 3. The van der Waals surface area contributed by atoms with E-state index in [9.17, 15) is 4.39 Å². The van der Waals surface area contributed by atoms with Crippen LogP contribution in [0, 0.1) is 5.82 Å². The summed E-state index contributed by atoms with van der Waals surface area (Å²) in [5, 5.41) is 4.33. The molecule has 0 unspecified atom stereocenters. The van der Waals surface area contributed by atoms with Crippen LogP contribution in [0.25, 0.3) is 10.1 Å². The van der Waals surface area contributed by atoms with Gasteiger partial charge in [-0.05, 0) is 47.4 Å². The third-order valence-electron chi connectivity index (χ3n) is 2.78. The van der Waals surface area contributed by atoms with Crippen molar-refractivity contribution in [3.05, 3.63) is 58.3 Å². The van der Waals surface area contributed by atoms with Crippen LogP contribution < -0.4 is 5.32 Å². The Hall–Kier alpha value is -1.46. The van der Waals surface area contributed by atoms with Crippen LogP contribution in [-0.4, -0.2) is 4.37 Å². The minimum Gasteiger partial charge on any atom is -0.365 e. The molecule has 0 saturated heterocycles. The molecule has 3 rings (SSSR count). The van der Waals surface area contributed by atoms with E-state index in [0.29, 0.717) is 6.54 Å².